The zero-order chi connectivity index (χ0) is 20.7. The molecule has 4 heteroatoms. The molecule has 0 fully saturated rings. The summed E-state index contributed by atoms with van der Waals surface area (Å²) in [6.45, 7) is 2.29. The minimum absolute atomic E-state index is 0.325. The summed E-state index contributed by atoms with van der Waals surface area (Å²) in [5.41, 5.74) is 3.05. The highest BCUT2D eigenvalue weighted by Crippen LogP contribution is 2.47. The SMILES string of the molecule is Cc1[nH]c2ccccc2c1[C@@]1(O)C(=O)N(C/C=C/c2ccccc2)c2ccccc21. The Morgan fingerprint density at radius 1 is 0.967 bits per heavy atom. The number of fused-ring (bicyclic) bond motifs is 2. The minimum Gasteiger partial charge on any atom is -0.372 e. The summed E-state index contributed by atoms with van der Waals surface area (Å²) in [6, 6.07) is 25.2. The van der Waals surface area contributed by atoms with Gasteiger partial charge in [0, 0.05) is 34.3 Å². The average Bonchev–Trinajstić information content (AvgIpc) is 3.22. The number of aryl methyl sites for hydroxylation is 1. The van der Waals surface area contributed by atoms with Gasteiger partial charge in [0.1, 0.15) is 0 Å². The molecule has 4 nitrogen and oxygen atoms in total. The molecule has 3 aromatic carbocycles. The fraction of sp³-hybridized carbons (Fsp3) is 0.115. The number of hydrogen-bond acceptors (Lipinski definition) is 2. The molecule has 4 aromatic rings. The molecule has 0 saturated carbocycles. The van der Waals surface area contributed by atoms with Crippen molar-refractivity contribution >= 4 is 28.6 Å². The summed E-state index contributed by atoms with van der Waals surface area (Å²) >= 11 is 0. The zero-order valence-electron chi connectivity index (χ0n) is 16.7. The van der Waals surface area contributed by atoms with Crippen molar-refractivity contribution in [2.24, 2.45) is 0 Å². The second-order valence-corrected chi connectivity index (χ2v) is 7.63. The molecule has 2 heterocycles. The third kappa shape index (κ3) is 2.69. The van der Waals surface area contributed by atoms with Gasteiger partial charge in [0.2, 0.25) is 0 Å². The van der Waals surface area contributed by atoms with Crippen LogP contribution in [0.25, 0.3) is 17.0 Å². The number of hydrogen-bond donors (Lipinski definition) is 2. The van der Waals surface area contributed by atoms with E-state index >= 15 is 0 Å². The standard InChI is InChI=1S/C26H22N2O2/c1-18-24(20-13-5-7-15-22(20)27-18)26(30)21-14-6-8-16-23(21)28(25(26)29)17-9-12-19-10-3-2-4-11-19/h2-16,27,30H,17H2,1H3/b12-9+/t26-/m1/s1. The maximum atomic E-state index is 13.6. The predicted octanol–water partition coefficient (Wildman–Crippen LogP) is 4.77. The number of aliphatic hydroxyl groups is 1. The third-order valence-corrected chi connectivity index (χ3v) is 5.79. The molecule has 0 unspecified atom stereocenters. The number of carbonyl (C=O) groups excluding carboxylic acids is 1. The van der Waals surface area contributed by atoms with Crippen LogP contribution in [-0.2, 0) is 10.4 Å². The minimum atomic E-state index is -1.72. The van der Waals surface area contributed by atoms with Crippen molar-refractivity contribution in [1.82, 2.24) is 4.98 Å². The van der Waals surface area contributed by atoms with E-state index in [-0.39, 0.29) is 5.91 Å². The van der Waals surface area contributed by atoms with E-state index in [4.69, 9.17) is 0 Å². The van der Waals surface area contributed by atoms with Crippen LogP contribution < -0.4 is 4.90 Å². The van der Waals surface area contributed by atoms with Crippen LogP contribution >= 0.6 is 0 Å². The van der Waals surface area contributed by atoms with Crippen LogP contribution in [0.3, 0.4) is 0 Å². The van der Waals surface area contributed by atoms with Gasteiger partial charge in [-0.1, -0.05) is 78.9 Å². The maximum Gasteiger partial charge on any atom is 0.268 e. The highest BCUT2D eigenvalue weighted by atomic mass is 16.3. The Morgan fingerprint density at radius 3 is 2.50 bits per heavy atom. The number of carbonyl (C=O) groups is 1. The third-order valence-electron chi connectivity index (χ3n) is 5.79. The van der Waals surface area contributed by atoms with Gasteiger partial charge in [0.15, 0.2) is 5.60 Å². The Bertz CT molecular complexity index is 1270. The maximum absolute atomic E-state index is 13.6. The van der Waals surface area contributed by atoms with Gasteiger partial charge in [0.25, 0.3) is 5.91 Å². The van der Waals surface area contributed by atoms with Crippen molar-refractivity contribution in [2.45, 2.75) is 12.5 Å². The molecule has 30 heavy (non-hydrogen) atoms. The number of para-hydroxylation sites is 2. The lowest BCUT2D eigenvalue weighted by molar-refractivity contribution is -0.132. The van der Waals surface area contributed by atoms with E-state index in [9.17, 15) is 9.90 Å². The van der Waals surface area contributed by atoms with E-state index in [0.717, 1.165) is 27.8 Å². The first-order valence-corrected chi connectivity index (χ1v) is 10.0. The van der Waals surface area contributed by atoms with E-state index in [1.165, 1.54) is 0 Å². The van der Waals surface area contributed by atoms with Crippen LogP contribution in [0.2, 0.25) is 0 Å². The number of nitrogens with one attached hydrogen (secondary N) is 1. The fourth-order valence-corrected chi connectivity index (χ4v) is 4.46. The second-order valence-electron chi connectivity index (χ2n) is 7.63. The van der Waals surface area contributed by atoms with Crippen LogP contribution in [0.15, 0.2) is 84.9 Å². The summed E-state index contributed by atoms with van der Waals surface area (Å²) in [5.74, 6) is -0.325. The summed E-state index contributed by atoms with van der Waals surface area (Å²) in [4.78, 5) is 18.6. The van der Waals surface area contributed by atoms with Gasteiger partial charge in [-0.2, -0.15) is 0 Å². The van der Waals surface area contributed by atoms with E-state index in [0.29, 0.717) is 17.7 Å². The van der Waals surface area contributed by atoms with E-state index in [1.54, 1.807) is 4.90 Å². The Balaban J connectivity index is 1.60. The van der Waals surface area contributed by atoms with Crippen molar-refractivity contribution < 1.29 is 9.90 Å². The quantitative estimate of drug-likeness (QED) is 0.524. The first-order valence-electron chi connectivity index (χ1n) is 10.0. The van der Waals surface area contributed by atoms with Gasteiger partial charge in [-0.25, -0.2) is 0 Å². The van der Waals surface area contributed by atoms with Crippen LogP contribution in [0.1, 0.15) is 22.4 Å². The smallest absolute Gasteiger partial charge is 0.268 e. The molecule has 1 aromatic heterocycles. The molecule has 5 rings (SSSR count). The normalized spacial score (nSPS) is 18.5. The number of aromatic nitrogens is 1. The van der Waals surface area contributed by atoms with Gasteiger partial charge < -0.3 is 15.0 Å². The molecule has 1 aliphatic heterocycles. The van der Waals surface area contributed by atoms with Crippen molar-refractivity contribution in [1.29, 1.82) is 0 Å². The summed E-state index contributed by atoms with van der Waals surface area (Å²) < 4.78 is 0. The van der Waals surface area contributed by atoms with Crippen LogP contribution in [0.5, 0.6) is 0 Å². The Kier molecular flexibility index (Phi) is 4.30. The van der Waals surface area contributed by atoms with Crippen LogP contribution in [0, 0.1) is 6.92 Å². The lowest BCUT2D eigenvalue weighted by Gasteiger charge is -2.23. The van der Waals surface area contributed by atoms with E-state index in [1.807, 2.05) is 97.9 Å². The fourth-order valence-electron chi connectivity index (χ4n) is 4.46. The molecule has 0 aliphatic carbocycles. The largest absolute Gasteiger partial charge is 0.372 e. The van der Waals surface area contributed by atoms with Gasteiger partial charge in [-0.05, 0) is 24.6 Å². The molecule has 1 amide bonds. The summed E-state index contributed by atoms with van der Waals surface area (Å²) in [6.07, 6.45) is 3.95. The van der Waals surface area contributed by atoms with Gasteiger partial charge in [0.05, 0.1) is 5.69 Å². The Labute approximate surface area is 175 Å². The molecule has 0 saturated heterocycles. The first kappa shape index (κ1) is 18.4. The highest BCUT2D eigenvalue weighted by molar-refractivity contribution is 6.11. The molecule has 1 aliphatic rings. The molecule has 148 valence electrons. The van der Waals surface area contributed by atoms with Gasteiger partial charge in [-0.3, -0.25) is 4.79 Å². The van der Waals surface area contributed by atoms with E-state index in [2.05, 4.69) is 4.98 Å². The topological polar surface area (TPSA) is 56.3 Å². The van der Waals surface area contributed by atoms with Gasteiger partial charge in [-0.15, -0.1) is 0 Å². The van der Waals surface area contributed by atoms with E-state index < -0.39 is 5.60 Å². The van der Waals surface area contributed by atoms with Crippen LogP contribution in [0.4, 0.5) is 5.69 Å². The molecule has 0 radical (unpaired) electrons. The molecule has 2 N–H and O–H groups in total. The first-order chi connectivity index (χ1) is 14.6. The predicted molar refractivity (Wildman–Crippen MR) is 120 cm³/mol. The number of rotatable bonds is 4. The summed E-state index contributed by atoms with van der Waals surface area (Å²) in [5, 5.41) is 12.8. The summed E-state index contributed by atoms with van der Waals surface area (Å²) in [7, 11) is 0. The number of aromatic amines is 1. The monoisotopic (exact) mass is 394 g/mol. The molecular formula is C26H22N2O2. The number of anilines is 1. The molecule has 0 bridgehead atoms. The van der Waals surface area contributed by atoms with Crippen molar-refractivity contribution in [3.8, 4) is 0 Å². The average molecular weight is 394 g/mol. The van der Waals surface area contributed by atoms with Crippen molar-refractivity contribution in [2.75, 3.05) is 11.4 Å². The number of H-pyrrole nitrogens is 1. The number of benzene rings is 3. The van der Waals surface area contributed by atoms with Crippen molar-refractivity contribution in [3.63, 3.8) is 0 Å². The zero-order valence-corrected chi connectivity index (χ0v) is 16.7. The second kappa shape index (κ2) is 7.01. The molecule has 1 atom stereocenters. The Hall–Kier alpha value is -3.63. The molecular weight excluding hydrogens is 372 g/mol. The van der Waals surface area contributed by atoms with Crippen LogP contribution in [-0.4, -0.2) is 22.5 Å². The Morgan fingerprint density at radius 2 is 1.67 bits per heavy atom. The lowest BCUT2D eigenvalue weighted by atomic mass is 9.85. The number of amides is 1. The molecule has 0 spiro atoms. The van der Waals surface area contributed by atoms with Gasteiger partial charge >= 0.3 is 0 Å². The highest BCUT2D eigenvalue weighted by Gasteiger charge is 2.52. The van der Waals surface area contributed by atoms with Crippen molar-refractivity contribution in [3.05, 3.63) is 107 Å². The number of nitrogens with zero attached hydrogens (tertiary/aromatic N) is 1. The lowest BCUT2D eigenvalue weighted by Crippen LogP contribution is -2.41.